The van der Waals surface area contributed by atoms with Crippen molar-refractivity contribution in [2.24, 2.45) is 0 Å². The molecule has 2 aromatic rings. The molecule has 180 valence electrons. The number of hydrogen-bond acceptors (Lipinski definition) is 8. The first kappa shape index (κ1) is 24.2. The van der Waals surface area contributed by atoms with E-state index < -0.39 is 61.7 Å². The fourth-order valence-electron chi connectivity index (χ4n) is 3.69. The summed E-state index contributed by atoms with van der Waals surface area (Å²) in [5, 5.41) is 10.5. The number of nitrogens with zero attached hydrogens (tertiary/aromatic N) is 1. The zero-order valence-corrected chi connectivity index (χ0v) is 18.8. The predicted molar refractivity (Wildman–Crippen MR) is 110 cm³/mol. The third kappa shape index (κ3) is 4.97. The van der Waals surface area contributed by atoms with Gasteiger partial charge < -0.3 is 9.84 Å². The van der Waals surface area contributed by atoms with Gasteiger partial charge in [-0.3, -0.25) is 27.9 Å². The highest BCUT2D eigenvalue weighted by Gasteiger charge is 2.56. The van der Waals surface area contributed by atoms with Gasteiger partial charge in [0.05, 0.1) is 19.3 Å². The number of aliphatic hydroxyl groups excluding tert-OH is 1. The van der Waals surface area contributed by atoms with E-state index in [1.807, 2.05) is 4.98 Å². The third-order valence-corrected chi connectivity index (χ3v) is 7.06. The second-order valence-corrected chi connectivity index (χ2v) is 9.86. The molecule has 0 bridgehead atoms. The van der Waals surface area contributed by atoms with Gasteiger partial charge in [-0.1, -0.05) is 11.6 Å². The number of ether oxygens (including phenoxy) is 1. The van der Waals surface area contributed by atoms with E-state index in [-0.39, 0.29) is 18.1 Å². The van der Waals surface area contributed by atoms with Gasteiger partial charge in [0.15, 0.2) is 11.9 Å². The van der Waals surface area contributed by atoms with Crippen LogP contribution in [0.15, 0.2) is 40.1 Å². The lowest BCUT2D eigenvalue weighted by Crippen LogP contribution is -2.43. The van der Waals surface area contributed by atoms with Gasteiger partial charge >= 0.3 is 13.5 Å². The molecule has 1 aromatic carbocycles. The van der Waals surface area contributed by atoms with Crippen molar-refractivity contribution >= 4 is 19.4 Å². The number of halogens is 3. The topological polar surface area (TPSA) is 129 Å². The smallest absolute Gasteiger partial charge is 0.387 e. The van der Waals surface area contributed by atoms with Crippen molar-refractivity contribution in [3.63, 3.8) is 0 Å². The first-order valence-corrected chi connectivity index (χ1v) is 11.7. The number of alkyl halides is 1. The Balaban J connectivity index is 1.47. The maximum Gasteiger partial charge on any atom is 0.475 e. The second kappa shape index (κ2) is 9.03. The minimum atomic E-state index is -4.19. The highest BCUT2D eigenvalue weighted by atomic mass is 35.5. The Labute approximate surface area is 190 Å². The molecule has 14 heteroatoms. The number of benzene rings is 1. The van der Waals surface area contributed by atoms with Crippen molar-refractivity contribution in [1.29, 1.82) is 0 Å². The lowest BCUT2D eigenvalue weighted by molar-refractivity contribution is -0.0654. The van der Waals surface area contributed by atoms with E-state index in [1.165, 1.54) is 12.1 Å². The summed E-state index contributed by atoms with van der Waals surface area (Å²) in [6, 6.07) is 4.74. The lowest BCUT2D eigenvalue weighted by Gasteiger charge is -2.30. The van der Waals surface area contributed by atoms with Gasteiger partial charge in [0, 0.05) is 23.7 Å². The van der Waals surface area contributed by atoms with Crippen LogP contribution in [0, 0.1) is 5.82 Å². The monoisotopic (exact) mass is 508 g/mol. The van der Waals surface area contributed by atoms with E-state index in [4.69, 9.17) is 29.9 Å². The summed E-state index contributed by atoms with van der Waals surface area (Å²) in [4.78, 5) is 25.3. The predicted octanol–water partition coefficient (Wildman–Crippen LogP) is 2.62. The summed E-state index contributed by atoms with van der Waals surface area (Å²) in [6.45, 7) is 0.364. The second-order valence-electron chi connectivity index (χ2n) is 7.80. The van der Waals surface area contributed by atoms with Crippen LogP contribution in [-0.4, -0.2) is 45.7 Å². The molecule has 2 aliphatic heterocycles. The van der Waals surface area contributed by atoms with Gasteiger partial charge in [-0.25, -0.2) is 18.1 Å². The molecule has 0 spiro atoms. The van der Waals surface area contributed by atoms with Crippen LogP contribution in [0.5, 0.6) is 0 Å². The van der Waals surface area contributed by atoms with Gasteiger partial charge in [-0.15, -0.1) is 0 Å². The molecule has 6 atom stereocenters. The number of H-pyrrole nitrogens is 1. The number of phosphoric acid groups is 1. The van der Waals surface area contributed by atoms with Gasteiger partial charge in [0.2, 0.25) is 0 Å². The molecule has 0 radical (unpaired) electrons. The molecule has 2 fully saturated rings. The lowest BCUT2D eigenvalue weighted by atomic mass is 9.98. The van der Waals surface area contributed by atoms with E-state index in [2.05, 4.69) is 0 Å². The molecular formula is C19H20ClF2N2O8P. The zero-order valence-electron chi connectivity index (χ0n) is 17.2. The fourth-order valence-corrected chi connectivity index (χ4v) is 5.32. The van der Waals surface area contributed by atoms with E-state index in [1.54, 1.807) is 0 Å². The molecule has 3 heterocycles. The Kier molecular flexibility index (Phi) is 6.62. The first-order chi connectivity index (χ1) is 15.5. The van der Waals surface area contributed by atoms with Crippen molar-refractivity contribution in [2.75, 3.05) is 13.2 Å². The average molecular weight is 509 g/mol. The maximum atomic E-state index is 15.2. The Morgan fingerprint density at radius 3 is 2.85 bits per heavy atom. The van der Waals surface area contributed by atoms with E-state index in [0.29, 0.717) is 5.56 Å². The van der Waals surface area contributed by atoms with Crippen LogP contribution in [-0.2, 0) is 22.9 Å². The summed E-state index contributed by atoms with van der Waals surface area (Å²) in [5.41, 5.74) is -3.75. The summed E-state index contributed by atoms with van der Waals surface area (Å²) < 4.78 is 63.9. The summed E-state index contributed by atoms with van der Waals surface area (Å²) in [6.07, 6.45) is -4.30. The van der Waals surface area contributed by atoms with Gasteiger partial charge in [-0.05, 0) is 30.7 Å². The Morgan fingerprint density at radius 2 is 2.15 bits per heavy atom. The van der Waals surface area contributed by atoms with E-state index in [9.17, 15) is 23.7 Å². The maximum absolute atomic E-state index is 15.2. The molecule has 10 nitrogen and oxygen atoms in total. The van der Waals surface area contributed by atoms with Crippen LogP contribution in [0.1, 0.15) is 31.2 Å². The molecule has 2 saturated heterocycles. The fraction of sp³-hybridized carbons (Fsp3) is 0.474. The summed E-state index contributed by atoms with van der Waals surface area (Å²) >= 11 is 5.86. The minimum absolute atomic E-state index is 0.0413. The molecule has 1 aromatic heterocycles. The largest absolute Gasteiger partial charge is 0.475 e. The van der Waals surface area contributed by atoms with Crippen molar-refractivity contribution < 1.29 is 36.8 Å². The molecule has 4 rings (SSSR count). The molecule has 2 N–H and O–H groups in total. The SMILES string of the molecule is C[C@@]1(F)[C@H](O)[C@@H](CO[P@@]2(=O)OCC[C@@H](c3cc(F)cc(Cl)c3)O2)O[C@H]1n1ccc(=O)[nH]c1=O. The van der Waals surface area contributed by atoms with Crippen molar-refractivity contribution in [3.05, 3.63) is 67.7 Å². The van der Waals surface area contributed by atoms with Crippen molar-refractivity contribution in [1.82, 2.24) is 9.55 Å². The molecule has 0 unspecified atom stereocenters. The van der Waals surface area contributed by atoms with Crippen LogP contribution in [0.4, 0.5) is 8.78 Å². The quantitative estimate of drug-likeness (QED) is 0.590. The van der Waals surface area contributed by atoms with Crippen LogP contribution in [0.2, 0.25) is 5.02 Å². The van der Waals surface area contributed by atoms with Crippen LogP contribution in [0.25, 0.3) is 0 Å². The number of aromatic amines is 1. The first-order valence-electron chi connectivity index (χ1n) is 9.86. The molecule has 33 heavy (non-hydrogen) atoms. The van der Waals surface area contributed by atoms with E-state index >= 15 is 4.39 Å². The number of phosphoric ester groups is 1. The Hall–Kier alpha value is -1.92. The third-order valence-electron chi connectivity index (χ3n) is 5.36. The normalized spacial score (nSPS) is 34.5. The number of aromatic nitrogens is 2. The van der Waals surface area contributed by atoms with Crippen molar-refractivity contribution in [3.8, 4) is 0 Å². The molecular weight excluding hydrogens is 489 g/mol. The standard InChI is InChI=1S/C19H20ClF2N2O8P/c1-19(22)16(26)14(31-17(19)24-4-2-15(25)23-18(24)27)9-30-33(28)29-5-3-13(32-33)10-6-11(20)8-12(21)7-10/h2,4,6-8,13-14,16-17,26H,3,5,9H2,1H3,(H,23,25,27)/t13-,14+,16+,17+,19+,33+/m0/s1. The highest BCUT2D eigenvalue weighted by molar-refractivity contribution is 7.48. The minimum Gasteiger partial charge on any atom is -0.387 e. The Bertz CT molecular complexity index is 1180. The van der Waals surface area contributed by atoms with E-state index in [0.717, 1.165) is 29.8 Å². The van der Waals surface area contributed by atoms with Crippen LogP contribution < -0.4 is 11.2 Å². The van der Waals surface area contributed by atoms with Gasteiger partial charge in [0.1, 0.15) is 18.0 Å². The average Bonchev–Trinajstić information content (AvgIpc) is 2.95. The number of rotatable bonds is 5. The number of nitrogens with one attached hydrogen (secondary N) is 1. The zero-order chi connectivity index (χ0) is 24.0. The van der Waals surface area contributed by atoms with Crippen molar-refractivity contribution in [2.45, 2.75) is 43.6 Å². The highest BCUT2D eigenvalue weighted by Crippen LogP contribution is 2.57. The Morgan fingerprint density at radius 1 is 1.39 bits per heavy atom. The van der Waals surface area contributed by atoms with Gasteiger partial charge in [0.25, 0.3) is 5.56 Å². The number of aliphatic hydroxyl groups is 1. The molecule has 0 saturated carbocycles. The molecule has 2 aliphatic rings. The summed E-state index contributed by atoms with van der Waals surface area (Å²) in [7, 11) is -4.19. The van der Waals surface area contributed by atoms with Crippen LogP contribution >= 0.6 is 19.4 Å². The van der Waals surface area contributed by atoms with Crippen LogP contribution in [0.3, 0.4) is 0 Å². The van der Waals surface area contributed by atoms with Gasteiger partial charge in [-0.2, -0.15) is 0 Å². The number of hydrogen-bond donors (Lipinski definition) is 2. The molecule has 0 aliphatic carbocycles. The summed E-state index contributed by atoms with van der Waals surface area (Å²) in [5.74, 6) is -0.600. The molecule has 0 amide bonds.